The zero-order chi connectivity index (χ0) is 12.3. The molecule has 0 bridgehead atoms. The van der Waals surface area contributed by atoms with Crippen LogP contribution >= 0.6 is 34.8 Å². The van der Waals surface area contributed by atoms with Crippen molar-refractivity contribution in [2.75, 3.05) is 5.32 Å². The molecule has 0 saturated carbocycles. The Bertz CT molecular complexity index is 509. The van der Waals surface area contributed by atoms with Crippen LogP contribution in [0.5, 0.6) is 0 Å². The maximum atomic E-state index is 5.91. The minimum absolute atomic E-state index is 0.458. The molecule has 17 heavy (non-hydrogen) atoms. The number of anilines is 1. The van der Waals surface area contributed by atoms with E-state index < -0.39 is 0 Å². The van der Waals surface area contributed by atoms with Crippen LogP contribution < -0.4 is 5.32 Å². The van der Waals surface area contributed by atoms with E-state index in [1.165, 1.54) is 0 Å². The number of nitrogens with one attached hydrogen (secondary N) is 1. The van der Waals surface area contributed by atoms with Gasteiger partial charge in [0, 0.05) is 28.5 Å². The molecule has 0 aliphatic heterocycles. The SMILES string of the molecule is Clc1cc(Cl)cc(CNc2ccnc(Cl)c2)c1. The van der Waals surface area contributed by atoms with Gasteiger partial charge in [-0.3, -0.25) is 0 Å². The lowest BCUT2D eigenvalue weighted by Gasteiger charge is -2.07. The third-order valence-electron chi connectivity index (χ3n) is 2.15. The van der Waals surface area contributed by atoms with Crippen molar-refractivity contribution in [3.8, 4) is 0 Å². The molecule has 5 heteroatoms. The van der Waals surface area contributed by atoms with Crippen molar-refractivity contribution in [2.45, 2.75) is 6.54 Å². The summed E-state index contributed by atoms with van der Waals surface area (Å²) in [6, 6.07) is 9.04. The van der Waals surface area contributed by atoms with Crippen molar-refractivity contribution in [1.82, 2.24) is 4.98 Å². The first-order chi connectivity index (χ1) is 8.13. The normalized spacial score (nSPS) is 10.3. The van der Waals surface area contributed by atoms with Crippen LogP contribution in [0.4, 0.5) is 5.69 Å². The summed E-state index contributed by atoms with van der Waals surface area (Å²) in [7, 11) is 0. The fourth-order valence-corrected chi connectivity index (χ4v) is 2.17. The van der Waals surface area contributed by atoms with Crippen LogP contribution in [0.1, 0.15) is 5.56 Å². The van der Waals surface area contributed by atoms with Gasteiger partial charge < -0.3 is 5.32 Å². The molecule has 88 valence electrons. The van der Waals surface area contributed by atoms with E-state index in [-0.39, 0.29) is 0 Å². The molecule has 0 unspecified atom stereocenters. The molecular weight excluding hydrogens is 279 g/mol. The van der Waals surface area contributed by atoms with Crippen LogP contribution in [-0.2, 0) is 6.54 Å². The van der Waals surface area contributed by atoms with Crippen LogP contribution in [-0.4, -0.2) is 4.98 Å². The maximum absolute atomic E-state index is 5.91. The zero-order valence-corrected chi connectivity index (χ0v) is 11.0. The Morgan fingerprint density at radius 1 is 1.00 bits per heavy atom. The van der Waals surface area contributed by atoms with Crippen LogP contribution in [0.15, 0.2) is 36.5 Å². The molecule has 0 radical (unpaired) electrons. The van der Waals surface area contributed by atoms with Crippen molar-refractivity contribution < 1.29 is 0 Å². The summed E-state index contributed by atoms with van der Waals surface area (Å²) < 4.78 is 0. The van der Waals surface area contributed by atoms with E-state index in [0.29, 0.717) is 21.7 Å². The van der Waals surface area contributed by atoms with E-state index in [9.17, 15) is 0 Å². The fraction of sp³-hybridized carbons (Fsp3) is 0.0833. The summed E-state index contributed by atoms with van der Waals surface area (Å²) >= 11 is 17.6. The number of hydrogen-bond donors (Lipinski definition) is 1. The van der Waals surface area contributed by atoms with Crippen molar-refractivity contribution in [1.29, 1.82) is 0 Å². The van der Waals surface area contributed by atoms with Gasteiger partial charge in [-0.2, -0.15) is 0 Å². The van der Waals surface area contributed by atoms with Gasteiger partial charge in [0.2, 0.25) is 0 Å². The summed E-state index contributed by atoms with van der Waals surface area (Å²) in [4.78, 5) is 3.91. The first kappa shape index (κ1) is 12.5. The maximum Gasteiger partial charge on any atom is 0.131 e. The van der Waals surface area contributed by atoms with Crippen molar-refractivity contribution >= 4 is 40.5 Å². The number of nitrogens with zero attached hydrogens (tertiary/aromatic N) is 1. The summed E-state index contributed by atoms with van der Waals surface area (Å²) in [5, 5.41) is 4.93. The van der Waals surface area contributed by atoms with Gasteiger partial charge in [-0.1, -0.05) is 34.8 Å². The van der Waals surface area contributed by atoms with Crippen molar-refractivity contribution in [2.24, 2.45) is 0 Å². The van der Waals surface area contributed by atoms with E-state index in [1.54, 1.807) is 18.3 Å². The molecule has 0 atom stereocenters. The Morgan fingerprint density at radius 3 is 2.35 bits per heavy atom. The minimum atomic E-state index is 0.458. The third kappa shape index (κ3) is 3.77. The molecule has 1 aromatic heterocycles. The molecule has 2 rings (SSSR count). The van der Waals surface area contributed by atoms with Gasteiger partial charge in [-0.05, 0) is 35.9 Å². The van der Waals surface area contributed by atoms with E-state index in [4.69, 9.17) is 34.8 Å². The third-order valence-corrected chi connectivity index (χ3v) is 2.79. The highest BCUT2D eigenvalue weighted by Gasteiger charge is 1.99. The van der Waals surface area contributed by atoms with Crippen molar-refractivity contribution in [3.63, 3.8) is 0 Å². The summed E-state index contributed by atoms with van der Waals surface area (Å²) in [5.41, 5.74) is 1.91. The molecule has 1 heterocycles. The first-order valence-corrected chi connectivity index (χ1v) is 6.07. The average molecular weight is 288 g/mol. The number of pyridine rings is 1. The average Bonchev–Trinajstić information content (AvgIpc) is 2.25. The smallest absolute Gasteiger partial charge is 0.131 e. The molecule has 0 amide bonds. The van der Waals surface area contributed by atoms with Crippen LogP contribution in [0, 0.1) is 0 Å². The Balaban J connectivity index is 2.07. The zero-order valence-electron chi connectivity index (χ0n) is 8.75. The topological polar surface area (TPSA) is 24.9 Å². The van der Waals surface area contributed by atoms with Gasteiger partial charge in [0.25, 0.3) is 0 Å². The molecule has 1 N–H and O–H groups in total. The Labute approximate surface area is 115 Å². The van der Waals surface area contributed by atoms with Gasteiger partial charge in [-0.25, -0.2) is 4.98 Å². The Morgan fingerprint density at radius 2 is 1.71 bits per heavy atom. The molecular formula is C12H9Cl3N2. The highest BCUT2D eigenvalue weighted by atomic mass is 35.5. The molecule has 2 nitrogen and oxygen atoms in total. The number of rotatable bonds is 3. The van der Waals surface area contributed by atoms with E-state index in [1.807, 2.05) is 18.2 Å². The Kier molecular flexibility index (Phi) is 4.11. The van der Waals surface area contributed by atoms with Gasteiger partial charge >= 0.3 is 0 Å². The molecule has 1 aromatic carbocycles. The fourth-order valence-electron chi connectivity index (χ4n) is 1.43. The highest BCUT2D eigenvalue weighted by Crippen LogP contribution is 2.20. The molecule has 0 saturated heterocycles. The first-order valence-electron chi connectivity index (χ1n) is 4.94. The largest absolute Gasteiger partial charge is 0.381 e. The quantitative estimate of drug-likeness (QED) is 0.831. The van der Waals surface area contributed by atoms with Crippen molar-refractivity contribution in [3.05, 3.63) is 57.3 Å². The standard InChI is InChI=1S/C12H9Cl3N2/c13-9-3-8(4-10(14)5-9)7-17-11-1-2-16-12(15)6-11/h1-6H,7H2,(H,16,17). The van der Waals surface area contributed by atoms with E-state index in [0.717, 1.165) is 11.3 Å². The second-order valence-electron chi connectivity index (χ2n) is 3.50. The molecule has 2 aromatic rings. The number of benzene rings is 1. The predicted molar refractivity (Wildman–Crippen MR) is 73.0 cm³/mol. The summed E-state index contributed by atoms with van der Waals surface area (Å²) in [6.45, 7) is 0.626. The number of hydrogen-bond acceptors (Lipinski definition) is 2. The van der Waals surface area contributed by atoms with Gasteiger partial charge in [0.15, 0.2) is 0 Å². The monoisotopic (exact) mass is 286 g/mol. The number of halogens is 3. The molecule has 0 aliphatic carbocycles. The van der Waals surface area contributed by atoms with Gasteiger partial charge in [-0.15, -0.1) is 0 Å². The molecule has 0 aliphatic rings. The lowest BCUT2D eigenvalue weighted by molar-refractivity contribution is 1.14. The molecule has 0 spiro atoms. The van der Waals surface area contributed by atoms with Gasteiger partial charge in [0.05, 0.1) is 0 Å². The van der Waals surface area contributed by atoms with Gasteiger partial charge in [0.1, 0.15) is 5.15 Å². The van der Waals surface area contributed by atoms with Crippen LogP contribution in [0.25, 0.3) is 0 Å². The second kappa shape index (κ2) is 5.58. The summed E-state index contributed by atoms with van der Waals surface area (Å²) in [6.07, 6.45) is 1.65. The van der Waals surface area contributed by atoms with E-state index in [2.05, 4.69) is 10.3 Å². The number of aromatic nitrogens is 1. The molecule has 0 fully saturated rings. The van der Waals surface area contributed by atoms with Crippen LogP contribution in [0.2, 0.25) is 15.2 Å². The highest BCUT2D eigenvalue weighted by molar-refractivity contribution is 6.34. The lowest BCUT2D eigenvalue weighted by atomic mass is 10.2. The minimum Gasteiger partial charge on any atom is -0.381 e. The van der Waals surface area contributed by atoms with Crippen LogP contribution in [0.3, 0.4) is 0 Å². The lowest BCUT2D eigenvalue weighted by Crippen LogP contribution is -1.99. The Hall–Kier alpha value is -0.960. The predicted octanol–water partition coefficient (Wildman–Crippen LogP) is 4.65. The second-order valence-corrected chi connectivity index (χ2v) is 4.76. The summed E-state index contributed by atoms with van der Waals surface area (Å²) in [5.74, 6) is 0. The van der Waals surface area contributed by atoms with E-state index >= 15 is 0 Å².